The fourth-order valence-electron chi connectivity index (χ4n) is 3.30. The molecular formula is C16H16N4O3. The van der Waals surface area contributed by atoms with Gasteiger partial charge in [0.05, 0.1) is 29.4 Å². The van der Waals surface area contributed by atoms with Gasteiger partial charge in [-0.3, -0.25) is 4.79 Å². The van der Waals surface area contributed by atoms with E-state index < -0.39 is 12.1 Å². The first kappa shape index (κ1) is 14.0. The molecule has 7 nitrogen and oxygen atoms in total. The third-order valence-electron chi connectivity index (χ3n) is 4.45. The summed E-state index contributed by atoms with van der Waals surface area (Å²) in [6.45, 7) is 2.03. The Labute approximate surface area is 132 Å². The van der Waals surface area contributed by atoms with Crippen LogP contribution in [0.1, 0.15) is 12.1 Å². The molecular weight excluding hydrogens is 296 g/mol. The zero-order valence-electron chi connectivity index (χ0n) is 12.6. The number of anilines is 1. The lowest BCUT2D eigenvalue weighted by Crippen LogP contribution is -2.35. The van der Waals surface area contributed by atoms with E-state index in [0.29, 0.717) is 12.1 Å². The maximum atomic E-state index is 12.6. The van der Waals surface area contributed by atoms with E-state index in [1.165, 1.54) is 16.0 Å². The fraction of sp³-hybridized carbons (Fsp3) is 0.312. The molecule has 4 rings (SSSR count). The minimum atomic E-state index is -0.622. The number of para-hydroxylation sites is 1. The second-order valence-corrected chi connectivity index (χ2v) is 5.88. The van der Waals surface area contributed by atoms with Crippen LogP contribution in [0.4, 0.5) is 10.5 Å². The van der Waals surface area contributed by atoms with Gasteiger partial charge >= 0.3 is 6.03 Å². The van der Waals surface area contributed by atoms with Crippen LogP contribution in [0.5, 0.6) is 0 Å². The summed E-state index contributed by atoms with van der Waals surface area (Å²) in [5, 5.41) is 14.0. The van der Waals surface area contributed by atoms with Crippen LogP contribution in [0.3, 0.4) is 0 Å². The van der Waals surface area contributed by atoms with Gasteiger partial charge in [-0.25, -0.2) is 14.4 Å². The maximum Gasteiger partial charge on any atom is 0.332 e. The van der Waals surface area contributed by atoms with Crippen molar-refractivity contribution in [1.82, 2.24) is 14.7 Å². The highest BCUT2D eigenvalue weighted by molar-refractivity contribution is 6.21. The number of urea groups is 1. The first-order valence-corrected chi connectivity index (χ1v) is 7.50. The number of benzene rings is 1. The van der Waals surface area contributed by atoms with Crippen molar-refractivity contribution in [3.8, 4) is 5.69 Å². The van der Waals surface area contributed by atoms with Crippen LogP contribution in [0.25, 0.3) is 5.69 Å². The molecule has 0 unspecified atom stereocenters. The average molecular weight is 312 g/mol. The normalized spacial score (nSPS) is 23.7. The average Bonchev–Trinajstić information content (AvgIpc) is 3.17. The number of aliphatic hydroxyl groups is 1. The number of nitrogens with zero attached hydrogens (tertiary/aromatic N) is 4. The molecule has 0 radical (unpaired) electrons. The molecule has 3 amide bonds. The summed E-state index contributed by atoms with van der Waals surface area (Å²) in [4.78, 5) is 27.7. The van der Waals surface area contributed by atoms with Crippen molar-refractivity contribution in [1.29, 1.82) is 0 Å². The van der Waals surface area contributed by atoms with E-state index in [0.717, 1.165) is 11.4 Å². The summed E-state index contributed by atoms with van der Waals surface area (Å²) in [5.74, 6) is -0.290. The Morgan fingerprint density at radius 2 is 1.96 bits per heavy atom. The van der Waals surface area contributed by atoms with Gasteiger partial charge in [0.25, 0.3) is 5.91 Å². The van der Waals surface area contributed by atoms with E-state index in [-0.39, 0.29) is 18.5 Å². The fourth-order valence-corrected chi connectivity index (χ4v) is 3.30. The molecule has 0 spiro atoms. The lowest BCUT2D eigenvalue weighted by Gasteiger charge is -2.16. The molecule has 2 aliphatic rings. The summed E-state index contributed by atoms with van der Waals surface area (Å²) in [7, 11) is 0. The van der Waals surface area contributed by atoms with Crippen molar-refractivity contribution >= 4 is 17.6 Å². The van der Waals surface area contributed by atoms with Gasteiger partial charge in [0.15, 0.2) is 0 Å². The minimum Gasteiger partial charge on any atom is -0.391 e. The van der Waals surface area contributed by atoms with E-state index in [1.54, 1.807) is 4.68 Å². The van der Waals surface area contributed by atoms with Gasteiger partial charge in [-0.2, -0.15) is 5.10 Å². The van der Waals surface area contributed by atoms with Crippen LogP contribution in [-0.2, 0) is 4.79 Å². The number of fused-ring (bicyclic) bond motifs is 1. The van der Waals surface area contributed by atoms with Crippen LogP contribution >= 0.6 is 0 Å². The lowest BCUT2D eigenvalue weighted by molar-refractivity contribution is -0.119. The number of rotatable bonds is 2. The molecule has 1 N–H and O–H groups in total. The molecule has 2 saturated heterocycles. The molecule has 2 atom stereocenters. The van der Waals surface area contributed by atoms with Gasteiger partial charge in [-0.15, -0.1) is 0 Å². The van der Waals surface area contributed by atoms with Crippen LogP contribution < -0.4 is 4.90 Å². The summed E-state index contributed by atoms with van der Waals surface area (Å²) < 4.78 is 1.70. The predicted molar refractivity (Wildman–Crippen MR) is 82.3 cm³/mol. The number of aliphatic hydroxyl groups excluding tert-OH is 1. The Balaban J connectivity index is 1.71. The van der Waals surface area contributed by atoms with Crippen molar-refractivity contribution < 1.29 is 14.7 Å². The number of carbonyl (C=O) groups is 2. The zero-order chi connectivity index (χ0) is 16.1. The van der Waals surface area contributed by atoms with Crippen LogP contribution in [0, 0.1) is 6.92 Å². The smallest absolute Gasteiger partial charge is 0.332 e. The summed E-state index contributed by atoms with van der Waals surface area (Å²) in [6.07, 6.45) is 1.21. The van der Waals surface area contributed by atoms with E-state index in [1.807, 2.05) is 37.3 Å². The summed E-state index contributed by atoms with van der Waals surface area (Å²) in [5.41, 5.74) is 2.08. The molecule has 23 heavy (non-hydrogen) atoms. The van der Waals surface area contributed by atoms with Crippen LogP contribution in [-0.4, -0.2) is 50.4 Å². The van der Waals surface area contributed by atoms with Crippen molar-refractivity contribution in [2.75, 3.05) is 11.4 Å². The second-order valence-electron chi connectivity index (χ2n) is 5.88. The second kappa shape index (κ2) is 4.92. The SMILES string of the molecule is Cc1c(N2C(=O)[C@@H]3C[C@@H](O)CN3C2=O)cnn1-c1ccccc1. The largest absolute Gasteiger partial charge is 0.391 e. The predicted octanol–water partition coefficient (Wildman–Crippen LogP) is 1.08. The number of imide groups is 1. The summed E-state index contributed by atoms with van der Waals surface area (Å²) >= 11 is 0. The highest BCUT2D eigenvalue weighted by atomic mass is 16.3. The molecule has 2 aromatic rings. The zero-order valence-corrected chi connectivity index (χ0v) is 12.6. The Kier molecular flexibility index (Phi) is 2.99. The number of carbonyl (C=O) groups excluding carboxylic acids is 2. The van der Waals surface area contributed by atoms with E-state index >= 15 is 0 Å². The lowest BCUT2D eigenvalue weighted by atomic mass is 10.2. The van der Waals surface area contributed by atoms with Gasteiger partial charge in [-0.1, -0.05) is 18.2 Å². The van der Waals surface area contributed by atoms with Crippen LogP contribution in [0.2, 0.25) is 0 Å². The number of aromatic nitrogens is 2. The van der Waals surface area contributed by atoms with Crippen molar-refractivity contribution in [3.63, 3.8) is 0 Å². The highest BCUT2D eigenvalue weighted by Crippen LogP contribution is 2.33. The molecule has 2 fully saturated rings. The molecule has 2 aliphatic heterocycles. The van der Waals surface area contributed by atoms with Gasteiger partial charge in [0.2, 0.25) is 0 Å². The summed E-state index contributed by atoms with van der Waals surface area (Å²) in [6, 6.07) is 8.60. The first-order chi connectivity index (χ1) is 11.1. The molecule has 3 heterocycles. The topological polar surface area (TPSA) is 78.7 Å². The van der Waals surface area contributed by atoms with Gasteiger partial charge in [0, 0.05) is 13.0 Å². The molecule has 1 aromatic heterocycles. The molecule has 118 valence electrons. The third-order valence-corrected chi connectivity index (χ3v) is 4.45. The monoisotopic (exact) mass is 312 g/mol. The molecule has 0 aliphatic carbocycles. The Bertz CT molecular complexity index is 762. The quantitative estimate of drug-likeness (QED) is 0.842. The maximum absolute atomic E-state index is 12.6. The number of hydrogen-bond acceptors (Lipinski definition) is 4. The third kappa shape index (κ3) is 1.97. The number of hydrogen-bond donors (Lipinski definition) is 1. The Morgan fingerprint density at radius 3 is 2.65 bits per heavy atom. The van der Waals surface area contributed by atoms with Crippen molar-refractivity contribution in [3.05, 3.63) is 42.2 Å². The highest BCUT2D eigenvalue weighted by Gasteiger charge is 2.51. The Morgan fingerprint density at radius 1 is 1.22 bits per heavy atom. The van der Waals surface area contributed by atoms with Crippen LogP contribution in [0.15, 0.2) is 36.5 Å². The van der Waals surface area contributed by atoms with Crippen molar-refractivity contribution in [2.24, 2.45) is 0 Å². The standard InChI is InChI=1S/C16H16N4O3/c1-10-14(8-17-20(10)11-5-3-2-4-6-11)19-15(22)13-7-12(21)9-18(13)16(19)23/h2-6,8,12-13,21H,7,9H2,1H3/t12-,13+/m1/s1. The van der Waals surface area contributed by atoms with Gasteiger partial charge < -0.3 is 10.0 Å². The van der Waals surface area contributed by atoms with Gasteiger partial charge in [0.1, 0.15) is 6.04 Å². The molecule has 7 heteroatoms. The number of amides is 3. The molecule has 0 saturated carbocycles. The Hall–Kier alpha value is -2.67. The first-order valence-electron chi connectivity index (χ1n) is 7.50. The molecule has 0 bridgehead atoms. The van der Waals surface area contributed by atoms with Gasteiger partial charge in [-0.05, 0) is 19.1 Å². The van der Waals surface area contributed by atoms with E-state index in [2.05, 4.69) is 5.10 Å². The van der Waals surface area contributed by atoms with Crippen molar-refractivity contribution in [2.45, 2.75) is 25.5 Å². The van der Waals surface area contributed by atoms with E-state index in [9.17, 15) is 14.7 Å². The van der Waals surface area contributed by atoms with E-state index in [4.69, 9.17) is 0 Å². The molecule has 1 aromatic carbocycles. The minimum absolute atomic E-state index is 0.206.